The summed E-state index contributed by atoms with van der Waals surface area (Å²) in [4.78, 5) is 30.7. The van der Waals surface area contributed by atoms with Gasteiger partial charge in [0.15, 0.2) is 0 Å². The number of nitrogens with one attached hydrogen (secondary N) is 1. The smallest absolute Gasteiger partial charge is 0.243 e. The van der Waals surface area contributed by atoms with Crippen molar-refractivity contribution in [2.45, 2.75) is 39.3 Å². The molecule has 3 rings (SSSR count). The Labute approximate surface area is 146 Å². The number of hydrogen-bond donors (Lipinski definition) is 1. The van der Waals surface area contributed by atoms with Crippen molar-refractivity contribution in [1.82, 2.24) is 19.8 Å². The van der Waals surface area contributed by atoms with Gasteiger partial charge >= 0.3 is 0 Å². The van der Waals surface area contributed by atoms with Gasteiger partial charge in [0, 0.05) is 26.1 Å². The zero-order valence-electron chi connectivity index (χ0n) is 14.8. The maximum absolute atomic E-state index is 13.3. The molecule has 1 aromatic heterocycles. The average molecular weight is 346 g/mol. The molecule has 0 spiro atoms. The van der Waals surface area contributed by atoms with Crippen molar-refractivity contribution in [2.75, 3.05) is 6.54 Å². The van der Waals surface area contributed by atoms with Crippen molar-refractivity contribution >= 4 is 22.8 Å². The van der Waals surface area contributed by atoms with Crippen LogP contribution in [0.1, 0.15) is 32.5 Å². The summed E-state index contributed by atoms with van der Waals surface area (Å²) in [5.74, 6) is 0.185. The Morgan fingerprint density at radius 3 is 2.80 bits per heavy atom. The van der Waals surface area contributed by atoms with Crippen LogP contribution in [0.25, 0.3) is 11.0 Å². The zero-order valence-corrected chi connectivity index (χ0v) is 14.8. The van der Waals surface area contributed by atoms with E-state index in [0.717, 1.165) is 11.9 Å². The molecular formula is C18H23FN4O2. The molecule has 7 heteroatoms. The highest BCUT2D eigenvalue weighted by Gasteiger charge is 2.34. The Bertz CT molecular complexity index is 815. The van der Waals surface area contributed by atoms with Gasteiger partial charge in [-0.3, -0.25) is 9.59 Å². The van der Waals surface area contributed by atoms with E-state index >= 15 is 0 Å². The molecule has 1 atom stereocenters. The van der Waals surface area contributed by atoms with Gasteiger partial charge in [-0.25, -0.2) is 9.37 Å². The molecule has 25 heavy (non-hydrogen) atoms. The lowest BCUT2D eigenvalue weighted by molar-refractivity contribution is -0.139. The molecule has 0 aliphatic carbocycles. The maximum atomic E-state index is 13.3. The van der Waals surface area contributed by atoms with E-state index in [4.69, 9.17) is 0 Å². The first-order valence-electron chi connectivity index (χ1n) is 8.56. The van der Waals surface area contributed by atoms with Crippen molar-refractivity contribution in [3.63, 3.8) is 0 Å². The molecule has 1 aliphatic rings. The van der Waals surface area contributed by atoms with Crippen molar-refractivity contribution in [2.24, 2.45) is 13.0 Å². The van der Waals surface area contributed by atoms with Gasteiger partial charge < -0.3 is 14.8 Å². The summed E-state index contributed by atoms with van der Waals surface area (Å²) in [5, 5.41) is 2.88. The Balaban J connectivity index is 1.74. The zero-order chi connectivity index (χ0) is 18.1. The van der Waals surface area contributed by atoms with Crippen molar-refractivity contribution in [3.8, 4) is 0 Å². The molecule has 2 heterocycles. The number of amides is 2. The molecule has 1 N–H and O–H groups in total. The van der Waals surface area contributed by atoms with Crippen LogP contribution >= 0.6 is 0 Å². The third-order valence-corrected chi connectivity index (χ3v) is 4.70. The molecule has 2 aromatic rings. The van der Waals surface area contributed by atoms with Gasteiger partial charge in [-0.2, -0.15) is 0 Å². The standard InChI is InChI=1S/C18H23FN4O2/c1-11(2)17(23-8-4-5-16(23)24)18(25)20-10-15-21-13-9-12(19)6-7-14(13)22(15)3/h6-7,9,11,17H,4-5,8,10H2,1-3H3,(H,20,25)/t17-/m0/s1. The van der Waals surface area contributed by atoms with Gasteiger partial charge in [0.1, 0.15) is 17.7 Å². The molecule has 1 aromatic carbocycles. The Hall–Kier alpha value is -2.44. The minimum atomic E-state index is -0.470. The SMILES string of the molecule is CC(C)[C@@H](C(=O)NCc1nc2cc(F)ccc2n1C)N1CCCC1=O. The largest absolute Gasteiger partial charge is 0.347 e. The number of halogens is 1. The quantitative estimate of drug-likeness (QED) is 0.900. The van der Waals surface area contributed by atoms with Gasteiger partial charge in [-0.15, -0.1) is 0 Å². The number of carbonyl (C=O) groups is 2. The van der Waals surface area contributed by atoms with Crippen LogP contribution in [0.4, 0.5) is 4.39 Å². The number of imidazole rings is 1. The molecular weight excluding hydrogens is 323 g/mol. The van der Waals surface area contributed by atoms with Crippen LogP contribution in [0, 0.1) is 11.7 Å². The van der Waals surface area contributed by atoms with Crippen LogP contribution in [0.15, 0.2) is 18.2 Å². The summed E-state index contributed by atoms with van der Waals surface area (Å²) in [5.41, 5.74) is 1.36. The summed E-state index contributed by atoms with van der Waals surface area (Å²) in [6.07, 6.45) is 1.30. The third kappa shape index (κ3) is 3.36. The van der Waals surface area contributed by atoms with Gasteiger partial charge in [0.2, 0.25) is 11.8 Å². The average Bonchev–Trinajstić information content (AvgIpc) is 3.09. The topological polar surface area (TPSA) is 67.2 Å². The van der Waals surface area contributed by atoms with Crippen molar-refractivity contribution in [3.05, 3.63) is 29.8 Å². The highest BCUT2D eigenvalue weighted by Crippen LogP contribution is 2.20. The summed E-state index contributed by atoms with van der Waals surface area (Å²) < 4.78 is 15.2. The van der Waals surface area contributed by atoms with Crippen LogP contribution in [0.2, 0.25) is 0 Å². The van der Waals surface area contributed by atoms with Gasteiger partial charge in [0.05, 0.1) is 17.6 Å². The second-order valence-corrected chi connectivity index (χ2v) is 6.82. The van der Waals surface area contributed by atoms with Crippen molar-refractivity contribution < 1.29 is 14.0 Å². The molecule has 1 fully saturated rings. The van der Waals surface area contributed by atoms with E-state index in [1.165, 1.54) is 12.1 Å². The molecule has 0 unspecified atom stereocenters. The molecule has 0 saturated carbocycles. The highest BCUT2D eigenvalue weighted by molar-refractivity contribution is 5.88. The van der Waals surface area contributed by atoms with Crippen LogP contribution in [-0.2, 0) is 23.2 Å². The number of nitrogens with zero attached hydrogens (tertiary/aromatic N) is 3. The number of fused-ring (bicyclic) bond motifs is 1. The first-order valence-corrected chi connectivity index (χ1v) is 8.56. The fourth-order valence-electron chi connectivity index (χ4n) is 3.42. The first kappa shape index (κ1) is 17.4. The molecule has 6 nitrogen and oxygen atoms in total. The number of likely N-dealkylation sites (tertiary alicyclic amines) is 1. The van der Waals surface area contributed by atoms with E-state index in [0.29, 0.717) is 24.3 Å². The number of rotatable bonds is 5. The lowest BCUT2D eigenvalue weighted by atomic mass is 10.0. The minimum Gasteiger partial charge on any atom is -0.347 e. The van der Waals surface area contributed by atoms with E-state index in [-0.39, 0.29) is 30.1 Å². The molecule has 1 saturated heterocycles. The predicted molar refractivity (Wildman–Crippen MR) is 92.1 cm³/mol. The number of carbonyl (C=O) groups excluding carboxylic acids is 2. The number of benzene rings is 1. The molecule has 0 radical (unpaired) electrons. The molecule has 1 aliphatic heterocycles. The van der Waals surface area contributed by atoms with Gasteiger partial charge in [-0.05, 0) is 24.5 Å². The number of aromatic nitrogens is 2. The fraction of sp³-hybridized carbons (Fsp3) is 0.500. The number of hydrogen-bond acceptors (Lipinski definition) is 3. The third-order valence-electron chi connectivity index (χ3n) is 4.70. The van der Waals surface area contributed by atoms with Crippen LogP contribution in [0.3, 0.4) is 0 Å². The summed E-state index contributed by atoms with van der Waals surface area (Å²) in [6, 6.07) is 3.96. The first-order chi connectivity index (χ1) is 11.9. The van der Waals surface area contributed by atoms with Crippen LogP contribution in [0.5, 0.6) is 0 Å². The minimum absolute atomic E-state index is 0.0246. The van der Waals surface area contributed by atoms with Gasteiger partial charge in [-0.1, -0.05) is 13.8 Å². The van der Waals surface area contributed by atoms with E-state index in [1.807, 2.05) is 25.5 Å². The Morgan fingerprint density at radius 1 is 1.40 bits per heavy atom. The van der Waals surface area contributed by atoms with E-state index in [2.05, 4.69) is 10.3 Å². The van der Waals surface area contributed by atoms with E-state index in [1.54, 1.807) is 11.0 Å². The van der Waals surface area contributed by atoms with Crippen LogP contribution < -0.4 is 5.32 Å². The van der Waals surface area contributed by atoms with E-state index < -0.39 is 6.04 Å². The van der Waals surface area contributed by atoms with Gasteiger partial charge in [0.25, 0.3) is 0 Å². The Kier molecular flexibility index (Phi) is 4.74. The lowest BCUT2D eigenvalue weighted by Crippen LogP contribution is -2.50. The monoisotopic (exact) mass is 346 g/mol. The fourth-order valence-corrected chi connectivity index (χ4v) is 3.42. The van der Waals surface area contributed by atoms with Crippen molar-refractivity contribution in [1.29, 1.82) is 0 Å². The summed E-state index contributed by atoms with van der Waals surface area (Å²) in [6.45, 7) is 4.74. The number of aryl methyl sites for hydroxylation is 1. The summed E-state index contributed by atoms with van der Waals surface area (Å²) in [7, 11) is 1.83. The maximum Gasteiger partial charge on any atom is 0.243 e. The second kappa shape index (κ2) is 6.82. The lowest BCUT2D eigenvalue weighted by Gasteiger charge is -2.29. The summed E-state index contributed by atoms with van der Waals surface area (Å²) >= 11 is 0. The normalized spacial score (nSPS) is 16.0. The predicted octanol–water partition coefficient (Wildman–Crippen LogP) is 1.98. The second-order valence-electron chi connectivity index (χ2n) is 6.82. The Morgan fingerprint density at radius 2 is 2.16 bits per heavy atom. The highest BCUT2D eigenvalue weighted by atomic mass is 19.1. The molecule has 0 bridgehead atoms. The van der Waals surface area contributed by atoms with Crippen LogP contribution in [-0.4, -0.2) is 38.9 Å². The molecule has 134 valence electrons. The van der Waals surface area contributed by atoms with E-state index in [9.17, 15) is 14.0 Å². The molecule has 2 amide bonds.